The van der Waals surface area contributed by atoms with Gasteiger partial charge in [-0.1, -0.05) is 47.1 Å². The maximum Gasteiger partial charge on any atom is 0.263 e. The fourth-order valence-corrected chi connectivity index (χ4v) is 1.81. The lowest BCUT2D eigenvalue weighted by atomic mass is 10.1. The first-order chi connectivity index (χ1) is 9.65. The monoisotopic (exact) mass is 295 g/mol. The Hall–Kier alpha value is -1.94. The molecule has 0 bridgehead atoms. The highest BCUT2D eigenvalue weighted by atomic mass is 35.5. The molecular formula is C15H12ClF2NO. The van der Waals surface area contributed by atoms with Crippen LogP contribution in [0.3, 0.4) is 0 Å². The van der Waals surface area contributed by atoms with Gasteiger partial charge in [0.1, 0.15) is 6.61 Å². The van der Waals surface area contributed by atoms with Crippen molar-refractivity contribution < 1.29 is 13.6 Å². The molecule has 0 heterocycles. The Kier molecular flexibility index (Phi) is 5.07. The van der Waals surface area contributed by atoms with Gasteiger partial charge in [0.05, 0.1) is 6.21 Å². The lowest BCUT2D eigenvalue weighted by Crippen LogP contribution is -1.91. The van der Waals surface area contributed by atoms with E-state index < -0.39 is 6.43 Å². The zero-order valence-electron chi connectivity index (χ0n) is 10.5. The second kappa shape index (κ2) is 7.01. The van der Waals surface area contributed by atoms with Crippen molar-refractivity contribution in [2.75, 3.05) is 0 Å². The van der Waals surface area contributed by atoms with E-state index in [9.17, 15) is 8.78 Å². The summed E-state index contributed by atoms with van der Waals surface area (Å²) in [5.41, 5.74) is 1.43. The number of oxime groups is 1. The van der Waals surface area contributed by atoms with Crippen LogP contribution >= 0.6 is 11.6 Å². The number of rotatable bonds is 5. The van der Waals surface area contributed by atoms with Crippen molar-refractivity contribution in [1.82, 2.24) is 0 Å². The van der Waals surface area contributed by atoms with E-state index in [4.69, 9.17) is 16.4 Å². The zero-order chi connectivity index (χ0) is 14.4. The average Bonchev–Trinajstić information content (AvgIpc) is 2.44. The second-order valence-electron chi connectivity index (χ2n) is 4.11. The topological polar surface area (TPSA) is 21.6 Å². The van der Waals surface area contributed by atoms with Gasteiger partial charge in [-0.25, -0.2) is 8.78 Å². The van der Waals surface area contributed by atoms with E-state index in [1.807, 2.05) is 6.07 Å². The molecule has 0 unspecified atom stereocenters. The molecule has 0 fully saturated rings. The first kappa shape index (κ1) is 14.5. The van der Waals surface area contributed by atoms with Crippen LogP contribution in [0.2, 0.25) is 5.02 Å². The summed E-state index contributed by atoms with van der Waals surface area (Å²) >= 11 is 5.83. The SMILES string of the molecule is FC(F)c1cccc(CON=Cc2cccc(Cl)c2)c1. The Morgan fingerprint density at radius 3 is 2.70 bits per heavy atom. The molecule has 0 amide bonds. The van der Waals surface area contributed by atoms with Crippen molar-refractivity contribution in [2.24, 2.45) is 5.16 Å². The van der Waals surface area contributed by atoms with Gasteiger partial charge in [0.15, 0.2) is 0 Å². The Bertz CT molecular complexity index is 602. The van der Waals surface area contributed by atoms with Crippen molar-refractivity contribution in [3.05, 3.63) is 70.2 Å². The lowest BCUT2D eigenvalue weighted by Gasteiger charge is -2.03. The van der Waals surface area contributed by atoms with Crippen LogP contribution in [0.15, 0.2) is 53.7 Å². The molecule has 2 nitrogen and oxygen atoms in total. The molecule has 104 valence electrons. The molecule has 0 radical (unpaired) electrons. The molecular weight excluding hydrogens is 284 g/mol. The van der Waals surface area contributed by atoms with Crippen molar-refractivity contribution in [3.63, 3.8) is 0 Å². The fraction of sp³-hybridized carbons (Fsp3) is 0.133. The molecule has 2 aromatic carbocycles. The van der Waals surface area contributed by atoms with Crippen LogP contribution in [0.25, 0.3) is 0 Å². The fourth-order valence-electron chi connectivity index (χ4n) is 1.62. The number of halogens is 3. The molecule has 0 aliphatic heterocycles. The molecule has 2 aromatic rings. The van der Waals surface area contributed by atoms with Gasteiger partial charge in [0.25, 0.3) is 6.43 Å². The molecule has 2 rings (SSSR count). The third-order valence-corrected chi connectivity index (χ3v) is 2.79. The van der Waals surface area contributed by atoms with E-state index in [1.54, 1.807) is 30.3 Å². The quantitative estimate of drug-likeness (QED) is 0.572. The first-order valence-electron chi connectivity index (χ1n) is 5.93. The van der Waals surface area contributed by atoms with Gasteiger partial charge in [-0.15, -0.1) is 0 Å². The van der Waals surface area contributed by atoms with E-state index in [0.29, 0.717) is 10.6 Å². The molecule has 0 saturated heterocycles. The van der Waals surface area contributed by atoms with Crippen LogP contribution in [0.1, 0.15) is 23.1 Å². The molecule has 0 spiro atoms. The Morgan fingerprint density at radius 2 is 1.95 bits per heavy atom. The minimum absolute atomic E-state index is 0.0232. The molecule has 0 aliphatic carbocycles. The van der Waals surface area contributed by atoms with E-state index in [1.165, 1.54) is 18.3 Å². The van der Waals surface area contributed by atoms with E-state index in [-0.39, 0.29) is 12.2 Å². The summed E-state index contributed by atoms with van der Waals surface area (Å²) in [4.78, 5) is 5.08. The average molecular weight is 296 g/mol. The van der Waals surface area contributed by atoms with Crippen LogP contribution in [0, 0.1) is 0 Å². The molecule has 5 heteroatoms. The van der Waals surface area contributed by atoms with Gasteiger partial charge in [-0.05, 0) is 29.3 Å². The summed E-state index contributed by atoms with van der Waals surface area (Å²) in [7, 11) is 0. The van der Waals surface area contributed by atoms with Crippen molar-refractivity contribution >= 4 is 17.8 Å². The number of hydrogen-bond donors (Lipinski definition) is 0. The van der Waals surface area contributed by atoms with Gasteiger partial charge in [0, 0.05) is 10.6 Å². The van der Waals surface area contributed by atoms with E-state index in [0.717, 1.165) is 5.56 Å². The minimum Gasteiger partial charge on any atom is -0.391 e. The Morgan fingerprint density at radius 1 is 1.15 bits per heavy atom. The number of benzene rings is 2. The standard InChI is InChI=1S/C15H12ClF2NO/c16-14-6-2-3-11(8-14)9-19-20-10-12-4-1-5-13(7-12)15(17)18/h1-9,15H,10H2. The van der Waals surface area contributed by atoms with Crippen molar-refractivity contribution in [2.45, 2.75) is 13.0 Å². The first-order valence-corrected chi connectivity index (χ1v) is 6.31. The molecule has 0 aromatic heterocycles. The largest absolute Gasteiger partial charge is 0.391 e. The number of hydrogen-bond acceptors (Lipinski definition) is 2. The van der Waals surface area contributed by atoms with Crippen LogP contribution in [-0.2, 0) is 11.4 Å². The molecule has 20 heavy (non-hydrogen) atoms. The van der Waals surface area contributed by atoms with E-state index in [2.05, 4.69) is 5.16 Å². The molecule has 0 N–H and O–H groups in total. The zero-order valence-corrected chi connectivity index (χ0v) is 11.2. The second-order valence-corrected chi connectivity index (χ2v) is 4.55. The summed E-state index contributed by atoms with van der Waals surface area (Å²) in [5, 5.41) is 4.39. The summed E-state index contributed by atoms with van der Waals surface area (Å²) < 4.78 is 25.0. The summed E-state index contributed by atoms with van der Waals surface area (Å²) in [5.74, 6) is 0. The number of alkyl halides is 2. The predicted octanol–water partition coefficient (Wildman–Crippen LogP) is 4.83. The molecule has 0 saturated carbocycles. The van der Waals surface area contributed by atoms with Gasteiger partial charge < -0.3 is 4.84 Å². The smallest absolute Gasteiger partial charge is 0.263 e. The van der Waals surface area contributed by atoms with Gasteiger partial charge in [0.2, 0.25) is 0 Å². The van der Waals surface area contributed by atoms with Crippen LogP contribution in [-0.4, -0.2) is 6.21 Å². The highest BCUT2D eigenvalue weighted by Gasteiger charge is 2.06. The van der Waals surface area contributed by atoms with Gasteiger partial charge >= 0.3 is 0 Å². The molecule has 0 atom stereocenters. The Labute approximate surface area is 120 Å². The van der Waals surface area contributed by atoms with Crippen molar-refractivity contribution in [1.29, 1.82) is 0 Å². The maximum atomic E-state index is 12.5. The normalized spacial score (nSPS) is 11.2. The lowest BCUT2D eigenvalue weighted by molar-refractivity contribution is 0.130. The number of nitrogens with zero attached hydrogens (tertiary/aromatic N) is 1. The maximum absolute atomic E-state index is 12.5. The highest BCUT2D eigenvalue weighted by Crippen LogP contribution is 2.19. The predicted molar refractivity (Wildman–Crippen MR) is 75.2 cm³/mol. The van der Waals surface area contributed by atoms with Crippen LogP contribution in [0.4, 0.5) is 8.78 Å². The minimum atomic E-state index is -2.48. The Balaban J connectivity index is 1.91. The van der Waals surface area contributed by atoms with Gasteiger partial charge in [-0.3, -0.25) is 0 Å². The highest BCUT2D eigenvalue weighted by molar-refractivity contribution is 6.30. The third-order valence-electron chi connectivity index (χ3n) is 2.56. The van der Waals surface area contributed by atoms with Crippen molar-refractivity contribution in [3.8, 4) is 0 Å². The molecule has 0 aliphatic rings. The summed E-state index contributed by atoms with van der Waals surface area (Å²) in [6.07, 6.45) is -0.965. The third kappa shape index (κ3) is 4.31. The van der Waals surface area contributed by atoms with E-state index >= 15 is 0 Å². The van der Waals surface area contributed by atoms with Crippen LogP contribution < -0.4 is 0 Å². The van der Waals surface area contributed by atoms with Gasteiger partial charge in [-0.2, -0.15) is 0 Å². The summed E-state index contributed by atoms with van der Waals surface area (Å²) in [6.45, 7) is 0.137. The van der Waals surface area contributed by atoms with Crippen LogP contribution in [0.5, 0.6) is 0 Å². The summed E-state index contributed by atoms with van der Waals surface area (Å²) in [6, 6.07) is 13.2.